The Balaban J connectivity index is 1.86. The zero-order valence-electron chi connectivity index (χ0n) is 12.1. The first kappa shape index (κ1) is 17.1. The van der Waals surface area contributed by atoms with Gasteiger partial charge in [0.25, 0.3) is 0 Å². The summed E-state index contributed by atoms with van der Waals surface area (Å²) in [6, 6.07) is 0. The first-order valence-corrected chi connectivity index (χ1v) is 10.7. The van der Waals surface area contributed by atoms with E-state index in [2.05, 4.69) is 0 Å². The molecule has 0 aromatic carbocycles. The molecule has 9 heteroatoms. The molecule has 0 aliphatic carbocycles. The number of nitrogens with two attached hydrogens (primary N) is 1. The number of ether oxygens (including phenoxy) is 1. The summed E-state index contributed by atoms with van der Waals surface area (Å²) in [6.45, 7) is 2.01. The van der Waals surface area contributed by atoms with Crippen LogP contribution in [-0.4, -0.2) is 70.2 Å². The average Bonchev–Trinajstić information content (AvgIpc) is 2.81. The molecule has 2 rings (SSSR count). The third-order valence-electron chi connectivity index (χ3n) is 4.07. The van der Waals surface area contributed by atoms with E-state index in [0.29, 0.717) is 39.1 Å². The Morgan fingerprint density at radius 3 is 2.38 bits per heavy atom. The maximum atomic E-state index is 12.4. The van der Waals surface area contributed by atoms with Crippen LogP contribution in [0.2, 0.25) is 0 Å². The number of hydrogen-bond acceptors (Lipinski definition) is 6. The zero-order valence-corrected chi connectivity index (χ0v) is 13.7. The van der Waals surface area contributed by atoms with Gasteiger partial charge >= 0.3 is 0 Å². The van der Waals surface area contributed by atoms with Crippen LogP contribution in [0.1, 0.15) is 25.7 Å². The van der Waals surface area contributed by atoms with Crippen molar-refractivity contribution in [1.29, 1.82) is 0 Å². The maximum absolute atomic E-state index is 12.4. The average molecular weight is 340 g/mol. The Morgan fingerprint density at radius 1 is 1.19 bits per heavy atom. The molecule has 21 heavy (non-hydrogen) atoms. The molecule has 2 fully saturated rings. The van der Waals surface area contributed by atoms with Crippen LogP contribution in [-0.2, 0) is 24.6 Å². The van der Waals surface area contributed by atoms with Crippen molar-refractivity contribution < 1.29 is 21.6 Å². The normalized spacial score (nSPS) is 28.0. The largest absolute Gasteiger partial charge is 0.378 e. The van der Waals surface area contributed by atoms with Crippen LogP contribution in [0.5, 0.6) is 0 Å². The van der Waals surface area contributed by atoms with Crippen molar-refractivity contribution in [3.8, 4) is 0 Å². The maximum Gasteiger partial charge on any atom is 0.218 e. The molecule has 0 aromatic rings. The fraction of sp³-hybridized carbons (Fsp3) is 1.00. The van der Waals surface area contributed by atoms with Gasteiger partial charge in [0.05, 0.1) is 22.9 Å². The molecule has 2 saturated heterocycles. The first-order valence-electron chi connectivity index (χ1n) is 7.36. The third-order valence-corrected chi connectivity index (χ3v) is 8.38. The predicted molar refractivity (Wildman–Crippen MR) is 80.2 cm³/mol. The molecule has 2 aliphatic heterocycles. The Labute approximate surface area is 126 Å². The lowest BCUT2D eigenvalue weighted by molar-refractivity contribution is 0.0208. The van der Waals surface area contributed by atoms with E-state index >= 15 is 0 Å². The number of rotatable bonds is 6. The molecule has 1 unspecified atom stereocenters. The summed E-state index contributed by atoms with van der Waals surface area (Å²) in [7, 11) is -6.69. The zero-order chi connectivity index (χ0) is 15.5. The Bertz CT molecular complexity index is 538. The molecular weight excluding hydrogens is 316 g/mol. The highest BCUT2D eigenvalue weighted by Crippen LogP contribution is 2.25. The monoisotopic (exact) mass is 340 g/mol. The van der Waals surface area contributed by atoms with Crippen molar-refractivity contribution in [2.45, 2.75) is 37.0 Å². The highest BCUT2D eigenvalue weighted by Gasteiger charge is 2.41. The first-order chi connectivity index (χ1) is 9.85. The van der Waals surface area contributed by atoms with E-state index in [1.54, 1.807) is 0 Å². The van der Waals surface area contributed by atoms with Gasteiger partial charge in [0.15, 0.2) is 9.84 Å². The van der Waals surface area contributed by atoms with Gasteiger partial charge in [-0.25, -0.2) is 21.1 Å². The molecule has 2 N–H and O–H groups in total. The van der Waals surface area contributed by atoms with E-state index in [-0.39, 0.29) is 24.0 Å². The van der Waals surface area contributed by atoms with E-state index in [4.69, 9.17) is 10.5 Å². The molecule has 0 bridgehead atoms. The highest BCUT2D eigenvalue weighted by molar-refractivity contribution is 7.95. The van der Waals surface area contributed by atoms with E-state index in [9.17, 15) is 16.8 Å². The van der Waals surface area contributed by atoms with Crippen molar-refractivity contribution in [2.75, 3.05) is 37.7 Å². The second-order valence-corrected chi connectivity index (χ2v) is 10.1. The van der Waals surface area contributed by atoms with E-state index < -0.39 is 25.1 Å². The topological polar surface area (TPSA) is 107 Å². The summed E-state index contributed by atoms with van der Waals surface area (Å²) in [5, 5.41) is -0.766. The van der Waals surface area contributed by atoms with Gasteiger partial charge in [0, 0.05) is 19.7 Å². The summed E-state index contributed by atoms with van der Waals surface area (Å²) in [5.74, 6) is -0.252. The Kier molecular flexibility index (Phi) is 5.64. The van der Waals surface area contributed by atoms with Crippen LogP contribution in [0.3, 0.4) is 0 Å². The lowest BCUT2D eigenvalue weighted by Crippen LogP contribution is -2.45. The minimum atomic E-state index is -3.50. The Morgan fingerprint density at radius 2 is 1.86 bits per heavy atom. The molecule has 124 valence electrons. The minimum absolute atomic E-state index is 0.0183. The summed E-state index contributed by atoms with van der Waals surface area (Å²) >= 11 is 0. The Hall–Kier alpha value is -0.220. The minimum Gasteiger partial charge on any atom is -0.378 e. The molecule has 2 heterocycles. The smallest absolute Gasteiger partial charge is 0.218 e. The number of hydrogen-bond donors (Lipinski definition) is 1. The lowest BCUT2D eigenvalue weighted by atomic mass is 10.1. The van der Waals surface area contributed by atoms with Crippen molar-refractivity contribution in [3.05, 3.63) is 0 Å². The summed E-state index contributed by atoms with van der Waals surface area (Å²) in [6.07, 6.45) is 2.41. The van der Waals surface area contributed by atoms with Crippen molar-refractivity contribution >= 4 is 19.9 Å². The predicted octanol–water partition coefficient (Wildman–Crippen LogP) is -0.667. The van der Waals surface area contributed by atoms with Gasteiger partial charge in [-0.05, 0) is 32.2 Å². The molecule has 0 spiro atoms. The molecule has 1 atom stereocenters. The van der Waals surface area contributed by atoms with E-state index in [1.165, 1.54) is 4.31 Å². The van der Waals surface area contributed by atoms with Crippen LogP contribution in [0.4, 0.5) is 0 Å². The molecule has 0 aromatic heterocycles. The second kappa shape index (κ2) is 6.91. The SMILES string of the molecule is NCCCOC1CCN(S(=O)(=O)C2CCS(=O)(=O)C2)CC1. The van der Waals surface area contributed by atoms with E-state index in [0.717, 1.165) is 6.42 Å². The van der Waals surface area contributed by atoms with Crippen molar-refractivity contribution in [2.24, 2.45) is 5.73 Å². The summed E-state index contributed by atoms with van der Waals surface area (Å²) in [4.78, 5) is 0. The van der Waals surface area contributed by atoms with Gasteiger partial charge in [-0.2, -0.15) is 0 Å². The highest BCUT2D eigenvalue weighted by atomic mass is 32.2. The van der Waals surface area contributed by atoms with Crippen molar-refractivity contribution in [3.63, 3.8) is 0 Å². The standard InChI is InChI=1S/C12H24N2O5S2/c13-5-1-8-19-11-2-6-14(7-3-11)21(17,18)12-4-9-20(15,16)10-12/h11-12H,1-10,13H2. The molecule has 7 nitrogen and oxygen atoms in total. The van der Waals surface area contributed by atoms with Gasteiger partial charge in [0.1, 0.15) is 0 Å². The quantitative estimate of drug-likeness (QED) is 0.643. The molecule has 2 aliphatic rings. The van der Waals surface area contributed by atoms with Gasteiger partial charge in [-0.1, -0.05) is 0 Å². The van der Waals surface area contributed by atoms with Gasteiger partial charge < -0.3 is 10.5 Å². The van der Waals surface area contributed by atoms with Crippen LogP contribution in [0, 0.1) is 0 Å². The summed E-state index contributed by atoms with van der Waals surface area (Å²) < 4.78 is 54.9. The number of sulfonamides is 1. The van der Waals surface area contributed by atoms with E-state index in [1.807, 2.05) is 0 Å². The number of piperidine rings is 1. The molecular formula is C12H24N2O5S2. The molecule has 0 amide bonds. The third kappa shape index (κ3) is 4.38. The fourth-order valence-electron chi connectivity index (χ4n) is 2.79. The van der Waals surface area contributed by atoms with Crippen LogP contribution in [0.15, 0.2) is 0 Å². The van der Waals surface area contributed by atoms with Crippen LogP contribution >= 0.6 is 0 Å². The van der Waals surface area contributed by atoms with Crippen molar-refractivity contribution in [1.82, 2.24) is 4.31 Å². The second-order valence-electron chi connectivity index (χ2n) is 5.68. The number of nitrogens with zero attached hydrogens (tertiary/aromatic N) is 1. The fourth-order valence-corrected chi connectivity index (χ4v) is 7.35. The van der Waals surface area contributed by atoms with Crippen LogP contribution < -0.4 is 5.73 Å². The molecule has 0 radical (unpaired) electrons. The lowest BCUT2D eigenvalue weighted by Gasteiger charge is -2.32. The number of sulfone groups is 1. The summed E-state index contributed by atoms with van der Waals surface area (Å²) in [5.41, 5.74) is 5.40. The van der Waals surface area contributed by atoms with Gasteiger partial charge in [-0.3, -0.25) is 0 Å². The molecule has 0 saturated carbocycles. The van der Waals surface area contributed by atoms with Crippen LogP contribution in [0.25, 0.3) is 0 Å². The van der Waals surface area contributed by atoms with Gasteiger partial charge in [-0.15, -0.1) is 0 Å². The van der Waals surface area contributed by atoms with Gasteiger partial charge in [0.2, 0.25) is 10.0 Å².